The van der Waals surface area contributed by atoms with Crippen LogP contribution in [0.4, 0.5) is 11.6 Å². The molecule has 1 aromatic heterocycles. The summed E-state index contributed by atoms with van der Waals surface area (Å²) in [6.45, 7) is 5.47. The van der Waals surface area contributed by atoms with Gasteiger partial charge in [0.15, 0.2) is 5.78 Å². The summed E-state index contributed by atoms with van der Waals surface area (Å²) < 4.78 is 0. The number of hydrogen-bond acceptors (Lipinski definition) is 7. The third-order valence-corrected chi connectivity index (χ3v) is 5.43. The molecule has 178 valence electrons. The monoisotopic (exact) mass is 463 g/mol. The fraction of sp³-hybridized carbons (Fsp3) is 0.320. The number of ketones is 2. The zero-order valence-electron chi connectivity index (χ0n) is 19.5. The highest BCUT2D eigenvalue weighted by Gasteiger charge is 2.23. The second kappa shape index (κ2) is 10.7. The van der Waals surface area contributed by atoms with Gasteiger partial charge in [-0.3, -0.25) is 19.4 Å². The molecule has 0 fully saturated rings. The van der Waals surface area contributed by atoms with Crippen LogP contribution >= 0.6 is 0 Å². The Morgan fingerprint density at radius 1 is 1.09 bits per heavy atom. The molecule has 3 rings (SSSR count). The molecule has 0 saturated carbocycles. The van der Waals surface area contributed by atoms with Gasteiger partial charge in [0, 0.05) is 30.1 Å². The Balaban J connectivity index is 1.64. The van der Waals surface area contributed by atoms with Crippen molar-refractivity contribution in [2.75, 3.05) is 11.1 Å². The van der Waals surface area contributed by atoms with E-state index in [9.17, 15) is 19.2 Å². The van der Waals surface area contributed by atoms with E-state index in [1.807, 2.05) is 6.07 Å². The standard InChI is InChI=1S/C25H29N5O4/c1-14(2)22(32)21(10-4-15(3)31)28-23(33)17-6-8-18(9-7-17)27-13-16-5-11-20-19(12-16)24(34)30-25(26)29-20/h5-9,11-12,14,21,27H,4,10,13H2,1-3H3,(H,28,33)(H3,26,29,30,34). The van der Waals surface area contributed by atoms with Gasteiger partial charge >= 0.3 is 0 Å². The lowest BCUT2D eigenvalue weighted by atomic mass is 9.96. The SMILES string of the molecule is CC(=O)CCC(NC(=O)c1ccc(NCc2ccc3nc(N)[nH]c(=O)c3c2)cc1)C(=O)C(C)C. The Morgan fingerprint density at radius 3 is 2.44 bits per heavy atom. The van der Waals surface area contributed by atoms with Crippen molar-refractivity contribution in [2.45, 2.75) is 46.2 Å². The van der Waals surface area contributed by atoms with Crippen LogP contribution in [0, 0.1) is 5.92 Å². The summed E-state index contributed by atoms with van der Waals surface area (Å²) in [7, 11) is 0. The van der Waals surface area contributed by atoms with E-state index in [0.717, 1.165) is 11.3 Å². The van der Waals surface area contributed by atoms with Crippen molar-refractivity contribution in [1.82, 2.24) is 15.3 Å². The molecule has 5 N–H and O–H groups in total. The number of H-pyrrole nitrogens is 1. The van der Waals surface area contributed by atoms with Crippen LogP contribution in [0.2, 0.25) is 0 Å². The highest BCUT2D eigenvalue weighted by atomic mass is 16.2. The molecule has 3 aromatic rings. The van der Waals surface area contributed by atoms with Gasteiger partial charge in [-0.05, 0) is 55.3 Å². The summed E-state index contributed by atoms with van der Waals surface area (Å²) in [4.78, 5) is 55.1. The smallest absolute Gasteiger partial charge is 0.260 e. The van der Waals surface area contributed by atoms with Gasteiger partial charge in [0.25, 0.3) is 11.5 Å². The van der Waals surface area contributed by atoms with Crippen LogP contribution < -0.4 is 21.9 Å². The second-order valence-electron chi connectivity index (χ2n) is 8.56. The van der Waals surface area contributed by atoms with Gasteiger partial charge in [-0.1, -0.05) is 19.9 Å². The van der Waals surface area contributed by atoms with Crippen LogP contribution in [0.15, 0.2) is 47.3 Å². The van der Waals surface area contributed by atoms with E-state index < -0.39 is 6.04 Å². The summed E-state index contributed by atoms with van der Waals surface area (Å²) in [6, 6.07) is 11.5. The van der Waals surface area contributed by atoms with Crippen LogP contribution in [0.25, 0.3) is 10.9 Å². The number of fused-ring (bicyclic) bond motifs is 1. The van der Waals surface area contributed by atoms with E-state index in [0.29, 0.717) is 23.0 Å². The van der Waals surface area contributed by atoms with Crippen molar-refractivity contribution in [3.63, 3.8) is 0 Å². The quantitative estimate of drug-likeness (QED) is 0.361. The number of aromatic nitrogens is 2. The molecule has 0 aliphatic carbocycles. The van der Waals surface area contributed by atoms with Crippen LogP contribution in [0.5, 0.6) is 0 Å². The highest BCUT2D eigenvalue weighted by Crippen LogP contribution is 2.15. The molecule has 1 heterocycles. The minimum absolute atomic E-state index is 0.0253. The molecule has 1 atom stereocenters. The third-order valence-electron chi connectivity index (χ3n) is 5.43. The number of carbonyl (C=O) groups is 3. The van der Waals surface area contributed by atoms with Crippen molar-refractivity contribution in [3.8, 4) is 0 Å². The average Bonchev–Trinajstić information content (AvgIpc) is 2.80. The first kappa shape index (κ1) is 24.6. The van der Waals surface area contributed by atoms with Crippen LogP contribution in [0.1, 0.15) is 49.5 Å². The molecule has 9 heteroatoms. The normalized spacial score (nSPS) is 11.9. The number of carbonyl (C=O) groups excluding carboxylic acids is 3. The van der Waals surface area contributed by atoms with E-state index in [1.165, 1.54) is 6.92 Å². The molecule has 9 nitrogen and oxygen atoms in total. The number of Topliss-reactive ketones (excluding diaryl/α,β-unsaturated/α-hetero) is 2. The minimum Gasteiger partial charge on any atom is -0.381 e. The van der Waals surface area contributed by atoms with Gasteiger partial charge in [0.1, 0.15) is 5.78 Å². The second-order valence-corrected chi connectivity index (χ2v) is 8.56. The molecule has 0 saturated heterocycles. The van der Waals surface area contributed by atoms with Crippen molar-refractivity contribution >= 4 is 40.0 Å². The molecule has 2 aromatic carbocycles. The predicted molar refractivity (Wildman–Crippen MR) is 132 cm³/mol. The number of nitrogen functional groups attached to an aromatic ring is 1. The van der Waals surface area contributed by atoms with Gasteiger partial charge in [0.05, 0.1) is 16.9 Å². The maximum atomic E-state index is 12.7. The lowest BCUT2D eigenvalue weighted by molar-refractivity contribution is -0.124. The maximum absolute atomic E-state index is 12.7. The van der Waals surface area contributed by atoms with Crippen molar-refractivity contribution in [2.24, 2.45) is 5.92 Å². The molecule has 34 heavy (non-hydrogen) atoms. The zero-order chi connectivity index (χ0) is 24.8. The number of nitrogens with two attached hydrogens (primary N) is 1. The lowest BCUT2D eigenvalue weighted by Crippen LogP contribution is -2.43. The number of hydrogen-bond donors (Lipinski definition) is 4. The van der Waals surface area contributed by atoms with E-state index in [2.05, 4.69) is 20.6 Å². The Morgan fingerprint density at radius 2 is 1.79 bits per heavy atom. The summed E-state index contributed by atoms with van der Waals surface area (Å²) in [5.41, 5.74) is 7.88. The van der Waals surface area contributed by atoms with Crippen LogP contribution in [0.3, 0.4) is 0 Å². The molecule has 0 spiro atoms. The number of nitrogens with zero attached hydrogens (tertiary/aromatic N) is 1. The topological polar surface area (TPSA) is 147 Å². The van der Waals surface area contributed by atoms with Gasteiger partial charge < -0.3 is 21.2 Å². The van der Waals surface area contributed by atoms with E-state index in [4.69, 9.17) is 5.73 Å². The predicted octanol–water partition coefficient (Wildman–Crippen LogP) is 2.81. The molecule has 0 aliphatic rings. The number of amides is 1. The Hall–Kier alpha value is -4.01. The number of nitrogens with one attached hydrogen (secondary N) is 3. The summed E-state index contributed by atoms with van der Waals surface area (Å²) in [5.74, 6) is -0.661. The number of benzene rings is 2. The summed E-state index contributed by atoms with van der Waals surface area (Å²) in [5, 5.41) is 6.47. The maximum Gasteiger partial charge on any atom is 0.260 e. The Kier molecular flexibility index (Phi) is 7.78. The number of aromatic amines is 1. The van der Waals surface area contributed by atoms with Crippen molar-refractivity contribution in [1.29, 1.82) is 0 Å². The number of anilines is 2. The van der Waals surface area contributed by atoms with Gasteiger partial charge in [-0.15, -0.1) is 0 Å². The summed E-state index contributed by atoms with van der Waals surface area (Å²) in [6.07, 6.45) is 0.519. The molecule has 0 bridgehead atoms. The van der Waals surface area contributed by atoms with E-state index in [1.54, 1.807) is 50.2 Å². The van der Waals surface area contributed by atoms with Crippen molar-refractivity contribution in [3.05, 3.63) is 63.9 Å². The average molecular weight is 464 g/mol. The molecule has 1 amide bonds. The van der Waals surface area contributed by atoms with Crippen LogP contribution in [-0.4, -0.2) is 33.5 Å². The molecule has 1 unspecified atom stereocenters. The third kappa shape index (κ3) is 6.28. The Bertz CT molecular complexity index is 1260. The zero-order valence-corrected chi connectivity index (χ0v) is 19.5. The first-order valence-electron chi connectivity index (χ1n) is 11.1. The first-order chi connectivity index (χ1) is 16.1. The number of rotatable bonds is 10. The van der Waals surface area contributed by atoms with E-state index >= 15 is 0 Å². The van der Waals surface area contributed by atoms with Gasteiger partial charge in [-0.2, -0.15) is 0 Å². The van der Waals surface area contributed by atoms with Crippen LogP contribution in [-0.2, 0) is 16.1 Å². The molecule has 0 radical (unpaired) electrons. The fourth-order valence-corrected chi connectivity index (χ4v) is 3.53. The molecular formula is C25H29N5O4. The Labute approximate surface area is 197 Å². The van der Waals surface area contributed by atoms with Gasteiger partial charge in [-0.25, -0.2) is 4.98 Å². The molecular weight excluding hydrogens is 434 g/mol. The largest absolute Gasteiger partial charge is 0.381 e. The van der Waals surface area contributed by atoms with Gasteiger partial charge in [0.2, 0.25) is 5.95 Å². The summed E-state index contributed by atoms with van der Waals surface area (Å²) >= 11 is 0. The fourth-order valence-electron chi connectivity index (χ4n) is 3.53. The van der Waals surface area contributed by atoms with E-state index in [-0.39, 0.29) is 47.7 Å². The lowest BCUT2D eigenvalue weighted by Gasteiger charge is -2.19. The first-order valence-corrected chi connectivity index (χ1v) is 11.1. The van der Waals surface area contributed by atoms with Crippen molar-refractivity contribution < 1.29 is 14.4 Å². The molecule has 0 aliphatic heterocycles. The highest BCUT2D eigenvalue weighted by molar-refractivity contribution is 5.98. The minimum atomic E-state index is -0.699.